The van der Waals surface area contributed by atoms with Crippen LogP contribution in [0.15, 0.2) is 52.9 Å². The molecule has 1 heterocycles. The molecule has 0 saturated heterocycles. The normalized spacial score (nSPS) is 12.6. The van der Waals surface area contributed by atoms with Crippen molar-refractivity contribution < 1.29 is 13.9 Å². The number of rotatable bonds is 7. The second-order valence-electron chi connectivity index (χ2n) is 9.08. The van der Waals surface area contributed by atoms with Gasteiger partial charge in [-0.1, -0.05) is 56.6 Å². The van der Waals surface area contributed by atoms with Crippen molar-refractivity contribution in [2.24, 2.45) is 0 Å². The van der Waals surface area contributed by atoms with Gasteiger partial charge in [-0.05, 0) is 56.0 Å². The summed E-state index contributed by atoms with van der Waals surface area (Å²) in [7, 11) is 0. The van der Waals surface area contributed by atoms with Crippen LogP contribution in [0.5, 0.6) is 5.75 Å². The van der Waals surface area contributed by atoms with Gasteiger partial charge in [-0.3, -0.25) is 4.79 Å². The predicted molar refractivity (Wildman–Crippen MR) is 126 cm³/mol. The highest BCUT2D eigenvalue weighted by Crippen LogP contribution is 2.28. The van der Waals surface area contributed by atoms with Crippen LogP contribution in [0, 0.1) is 0 Å². The standard InChI is InChI=1S/C25H30ClN3O3/c1-16(2)29(15-22-27-28-23(32-22)20-12-7-8-13-21(20)26)24(30)17(3)31-19-11-9-10-18(14-19)25(4,5)6/h7-14,16-17H,15H2,1-6H3. The Morgan fingerprint density at radius 1 is 1.09 bits per heavy atom. The van der Waals surface area contributed by atoms with Gasteiger partial charge in [0, 0.05) is 6.04 Å². The maximum atomic E-state index is 13.2. The quantitative estimate of drug-likeness (QED) is 0.444. The predicted octanol–water partition coefficient (Wildman–Crippen LogP) is 5.89. The molecule has 0 bridgehead atoms. The molecule has 3 aromatic rings. The number of carbonyl (C=O) groups is 1. The fourth-order valence-corrected chi connectivity index (χ4v) is 3.46. The first-order valence-corrected chi connectivity index (χ1v) is 11.1. The topological polar surface area (TPSA) is 68.5 Å². The van der Waals surface area contributed by atoms with E-state index in [9.17, 15) is 4.79 Å². The minimum atomic E-state index is -0.668. The maximum absolute atomic E-state index is 13.2. The molecule has 170 valence electrons. The van der Waals surface area contributed by atoms with Crippen LogP contribution in [-0.4, -0.2) is 33.2 Å². The molecular formula is C25H30ClN3O3. The van der Waals surface area contributed by atoms with E-state index in [1.165, 1.54) is 0 Å². The SMILES string of the molecule is CC(Oc1cccc(C(C)(C)C)c1)C(=O)N(Cc1nnc(-c2ccccc2Cl)o1)C(C)C. The highest BCUT2D eigenvalue weighted by molar-refractivity contribution is 6.33. The minimum absolute atomic E-state index is 0.00605. The molecule has 2 aromatic carbocycles. The van der Waals surface area contributed by atoms with Gasteiger partial charge in [0.25, 0.3) is 5.91 Å². The van der Waals surface area contributed by atoms with Crippen LogP contribution in [0.2, 0.25) is 5.02 Å². The Balaban J connectivity index is 1.73. The molecule has 1 aromatic heterocycles. The zero-order valence-corrected chi connectivity index (χ0v) is 20.2. The highest BCUT2D eigenvalue weighted by atomic mass is 35.5. The van der Waals surface area contributed by atoms with E-state index in [4.69, 9.17) is 20.8 Å². The van der Waals surface area contributed by atoms with E-state index in [0.717, 1.165) is 5.56 Å². The summed E-state index contributed by atoms with van der Waals surface area (Å²) in [5, 5.41) is 8.73. The number of amides is 1. The third-order valence-corrected chi connectivity index (χ3v) is 5.47. The summed E-state index contributed by atoms with van der Waals surface area (Å²) in [5.41, 5.74) is 1.80. The van der Waals surface area contributed by atoms with Crippen molar-refractivity contribution in [3.05, 3.63) is 65.0 Å². The second-order valence-corrected chi connectivity index (χ2v) is 9.49. The highest BCUT2D eigenvalue weighted by Gasteiger charge is 2.27. The van der Waals surface area contributed by atoms with E-state index in [-0.39, 0.29) is 23.9 Å². The van der Waals surface area contributed by atoms with E-state index in [2.05, 4.69) is 37.0 Å². The summed E-state index contributed by atoms with van der Waals surface area (Å²) in [6.07, 6.45) is -0.668. The van der Waals surface area contributed by atoms with Gasteiger partial charge in [0.15, 0.2) is 6.10 Å². The molecule has 0 radical (unpaired) electrons. The lowest BCUT2D eigenvalue weighted by atomic mass is 9.87. The van der Waals surface area contributed by atoms with E-state index in [1.54, 1.807) is 17.9 Å². The van der Waals surface area contributed by atoms with Gasteiger partial charge < -0.3 is 14.1 Å². The fourth-order valence-electron chi connectivity index (χ4n) is 3.25. The van der Waals surface area contributed by atoms with Crippen molar-refractivity contribution in [2.75, 3.05) is 0 Å². The van der Waals surface area contributed by atoms with Crippen molar-refractivity contribution >= 4 is 17.5 Å². The number of ether oxygens (including phenoxy) is 1. The summed E-state index contributed by atoms with van der Waals surface area (Å²) in [6.45, 7) is 12.2. The van der Waals surface area contributed by atoms with Gasteiger partial charge in [0.1, 0.15) is 5.75 Å². The number of hydrogen-bond donors (Lipinski definition) is 0. The molecule has 0 saturated carbocycles. The van der Waals surface area contributed by atoms with Crippen LogP contribution < -0.4 is 4.74 Å². The van der Waals surface area contributed by atoms with E-state index in [0.29, 0.717) is 28.1 Å². The van der Waals surface area contributed by atoms with Gasteiger partial charge in [-0.15, -0.1) is 10.2 Å². The zero-order chi connectivity index (χ0) is 23.5. The largest absolute Gasteiger partial charge is 0.481 e. The first-order chi connectivity index (χ1) is 15.1. The Morgan fingerprint density at radius 3 is 2.47 bits per heavy atom. The first-order valence-electron chi connectivity index (χ1n) is 10.7. The van der Waals surface area contributed by atoms with Gasteiger partial charge in [-0.25, -0.2) is 0 Å². The summed E-state index contributed by atoms with van der Waals surface area (Å²) in [6, 6.07) is 15.0. The molecule has 7 heteroatoms. The number of carbonyl (C=O) groups excluding carboxylic acids is 1. The van der Waals surface area contributed by atoms with Crippen molar-refractivity contribution in [1.82, 2.24) is 15.1 Å². The molecule has 1 unspecified atom stereocenters. The Hall–Kier alpha value is -2.86. The molecule has 0 aliphatic carbocycles. The van der Waals surface area contributed by atoms with Crippen LogP contribution in [0.25, 0.3) is 11.5 Å². The Morgan fingerprint density at radius 2 is 1.81 bits per heavy atom. The van der Waals surface area contributed by atoms with Crippen LogP contribution in [0.4, 0.5) is 0 Å². The molecule has 32 heavy (non-hydrogen) atoms. The van der Waals surface area contributed by atoms with E-state index in [1.807, 2.05) is 50.2 Å². The van der Waals surface area contributed by atoms with E-state index < -0.39 is 6.10 Å². The average Bonchev–Trinajstić information content (AvgIpc) is 3.19. The molecule has 3 rings (SSSR count). The van der Waals surface area contributed by atoms with Gasteiger partial charge in [-0.2, -0.15) is 0 Å². The summed E-state index contributed by atoms with van der Waals surface area (Å²) in [4.78, 5) is 14.9. The Bertz CT molecular complexity index is 1070. The molecule has 0 aliphatic rings. The third kappa shape index (κ3) is 5.68. The summed E-state index contributed by atoms with van der Waals surface area (Å²) in [5.74, 6) is 1.17. The van der Waals surface area contributed by atoms with Crippen molar-refractivity contribution in [2.45, 2.75) is 65.6 Å². The summed E-state index contributed by atoms with van der Waals surface area (Å²) < 4.78 is 11.8. The Labute approximate surface area is 194 Å². The van der Waals surface area contributed by atoms with Gasteiger partial charge in [0.05, 0.1) is 17.1 Å². The van der Waals surface area contributed by atoms with Crippen molar-refractivity contribution in [3.8, 4) is 17.2 Å². The lowest BCUT2D eigenvalue weighted by Gasteiger charge is -2.28. The molecule has 0 N–H and O–H groups in total. The molecule has 1 atom stereocenters. The number of nitrogens with zero attached hydrogens (tertiary/aromatic N) is 3. The lowest BCUT2D eigenvalue weighted by Crippen LogP contribution is -2.43. The molecule has 0 spiro atoms. The molecule has 1 amide bonds. The zero-order valence-electron chi connectivity index (χ0n) is 19.4. The van der Waals surface area contributed by atoms with Crippen molar-refractivity contribution in [1.29, 1.82) is 0 Å². The maximum Gasteiger partial charge on any atom is 0.264 e. The van der Waals surface area contributed by atoms with Crippen LogP contribution in [0.1, 0.15) is 53.0 Å². The summed E-state index contributed by atoms with van der Waals surface area (Å²) >= 11 is 6.22. The third-order valence-electron chi connectivity index (χ3n) is 5.14. The molecular weight excluding hydrogens is 426 g/mol. The first kappa shape index (κ1) is 23.8. The number of benzene rings is 2. The molecule has 0 fully saturated rings. The monoisotopic (exact) mass is 455 g/mol. The fraction of sp³-hybridized carbons (Fsp3) is 0.400. The molecule has 6 nitrogen and oxygen atoms in total. The number of halogens is 1. The lowest BCUT2D eigenvalue weighted by molar-refractivity contribution is -0.140. The average molecular weight is 456 g/mol. The second kappa shape index (κ2) is 9.74. The van der Waals surface area contributed by atoms with E-state index >= 15 is 0 Å². The minimum Gasteiger partial charge on any atom is -0.481 e. The smallest absolute Gasteiger partial charge is 0.264 e. The van der Waals surface area contributed by atoms with Crippen LogP contribution >= 0.6 is 11.6 Å². The Kier molecular flexibility index (Phi) is 7.24. The molecule has 0 aliphatic heterocycles. The van der Waals surface area contributed by atoms with Gasteiger partial charge in [0.2, 0.25) is 11.8 Å². The van der Waals surface area contributed by atoms with Crippen LogP contribution in [-0.2, 0) is 16.8 Å². The van der Waals surface area contributed by atoms with Crippen LogP contribution in [0.3, 0.4) is 0 Å². The van der Waals surface area contributed by atoms with Crippen molar-refractivity contribution in [3.63, 3.8) is 0 Å². The number of aromatic nitrogens is 2. The number of hydrogen-bond acceptors (Lipinski definition) is 5. The van der Waals surface area contributed by atoms with Gasteiger partial charge >= 0.3 is 0 Å².